The minimum Gasteiger partial charge on any atom is -0.299 e. The topological polar surface area (TPSA) is 30.7 Å². The van der Waals surface area contributed by atoms with Gasteiger partial charge >= 0.3 is 0 Å². The van der Waals surface area contributed by atoms with Gasteiger partial charge in [0.15, 0.2) is 11.0 Å². The van der Waals surface area contributed by atoms with Gasteiger partial charge in [0.1, 0.15) is 6.33 Å². The second-order valence-electron chi connectivity index (χ2n) is 5.12. The van der Waals surface area contributed by atoms with Gasteiger partial charge in [-0.3, -0.25) is 4.57 Å². The van der Waals surface area contributed by atoms with Gasteiger partial charge < -0.3 is 0 Å². The summed E-state index contributed by atoms with van der Waals surface area (Å²) in [6.07, 6.45) is 3.26. The summed E-state index contributed by atoms with van der Waals surface area (Å²) in [5.41, 5.74) is 3.98. The first-order chi connectivity index (χ1) is 11.2. The van der Waals surface area contributed by atoms with Crippen LogP contribution in [0.4, 0.5) is 4.39 Å². The van der Waals surface area contributed by atoms with Gasteiger partial charge in [0, 0.05) is 17.4 Å². The molecule has 5 heteroatoms. The lowest BCUT2D eigenvalue weighted by molar-refractivity contribution is 0.625. The van der Waals surface area contributed by atoms with Crippen LogP contribution in [0.1, 0.15) is 0 Å². The Labute approximate surface area is 137 Å². The van der Waals surface area contributed by atoms with Gasteiger partial charge in [-0.2, -0.15) is 0 Å². The van der Waals surface area contributed by atoms with Crippen molar-refractivity contribution in [1.82, 2.24) is 14.5 Å². The maximum absolute atomic E-state index is 14.2. The van der Waals surface area contributed by atoms with Crippen LogP contribution in [0.25, 0.3) is 27.8 Å². The highest BCUT2D eigenvalue weighted by atomic mass is 35.5. The Hall–Kier alpha value is -2.72. The summed E-state index contributed by atoms with van der Waals surface area (Å²) in [6, 6.07) is 17.1. The first-order valence-corrected chi connectivity index (χ1v) is 7.45. The molecule has 2 heterocycles. The van der Waals surface area contributed by atoms with E-state index in [9.17, 15) is 4.39 Å². The van der Waals surface area contributed by atoms with Crippen LogP contribution in [0.2, 0.25) is 5.15 Å². The Kier molecular flexibility index (Phi) is 3.32. The number of halogens is 2. The fourth-order valence-electron chi connectivity index (χ4n) is 2.63. The van der Waals surface area contributed by atoms with Gasteiger partial charge in [-0.15, -0.1) is 0 Å². The average Bonchev–Trinajstić information content (AvgIpc) is 3.01. The Morgan fingerprint density at radius 3 is 2.74 bits per heavy atom. The minimum absolute atomic E-state index is 0.124. The van der Waals surface area contributed by atoms with E-state index in [4.69, 9.17) is 11.6 Å². The molecule has 0 aliphatic heterocycles. The van der Waals surface area contributed by atoms with E-state index in [-0.39, 0.29) is 5.15 Å². The van der Waals surface area contributed by atoms with Gasteiger partial charge in [0.05, 0.1) is 11.0 Å². The molecule has 0 aliphatic rings. The molecule has 0 N–H and O–H groups in total. The molecule has 0 aliphatic carbocycles. The lowest BCUT2D eigenvalue weighted by Gasteiger charge is -2.08. The van der Waals surface area contributed by atoms with Crippen molar-refractivity contribution in [3.63, 3.8) is 0 Å². The molecule has 23 heavy (non-hydrogen) atoms. The second-order valence-corrected chi connectivity index (χ2v) is 5.47. The number of hydrogen-bond acceptors (Lipinski definition) is 2. The van der Waals surface area contributed by atoms with E-state index in [0.717, 1.165) is 22.3 Å². The quantitative estimate of drug-likeness (QED) is 0.492. The number of aromatic nitrogens is 3. The van der Waals surface area contributed by atoms with E-state index >= 15 is 0 Å². The summed E-state index contributed by atoms with van der Waals surface area (Å²) in [5, 5.41) is -0.124. The number of imidazole rings is 1. The monoisotopic (exact) mass is 323 g/mol. The zero-order chi connectivity index (χ0) is 15.8. The number of pyridine rings is 1. The van der Waals surface area contributed by atoms with Gasteiger partial charge in [-0.1, -0.05) is 35.9 Å². The van der Waals surface area contributed by atoms with Crippen LogP contribution in [0.3, 0.4) is 0 Å². The first-order valence-electron chi connectivity index (χ1n) is 7.07. The zero-order valence-electron chi connectivity index (χ0n) is 11.9. The molecule has 2 aromatic carbocycles. The molecule has 4 rings (SSSR count). The van der Waals surface area contributed by atoms with Crippen LogP contribution >= 0.6 is 11.6 Å². The van der Waals surface area contributed by atoms with Gasteiger partial charge in [-0.25, -0.2) is 14.4 Å². The summed E-state index contributed by atoms with van der Waals surface area (Å²) in [7, 11) is 0. The molecule has 0 amide bonds. The molecule has 0 saturated carbocycles. The fraction of sp³-hybridized carbons (Fsp3) is 0. The lowest BCUT2D eigenvalue weighted by atomic mass is 10.1. The van der Waals surface area contributed by atoms with Crippen molar-refractivity contribution in [2.24, 2.45) is 0 Å². The molecular formula is C18H11ClFN3. The van der Waals surface area contributed by atoms with E-state index in [1.165, 1.54) is 6.20 Å². The number of hydrogen-bond donors (Lipinski definition) is 0. The van der Waals surface area contributed by atoms with Crippen LogP contribution in [0, 0.1) is 5.82 Å². The maximum atomic E-state index is 14.2. The molecule has 0 unspecified atom stereocenters. The molecule has 3 nitrogen and oxygen atoms in total. The number of para-hydroxylation sites is 2. The third kappa shape index (κ3) is 2.37. The van der Waals surface area contributed by atoms with Crippen LogP contribution in [-0.4, -0.2) is 14.5 Å². The van der Waals surface area contributed by atoms with Gasteiger partial charge in [0.2, 0.25) is 0 Å². The third-order valence-corrected chi connectivity index (χ3v) is 4.00. The molecule has 0 fully saturated rings. The van der Waals surface area contributed by atoms with Crippen LogP contribution in [0.5, 0.6) is 0 Å². The third-order valence-electron chi connectivity index (χ3n) is 3.74. The van der Waals surface area contributed by atoms with E-state index in [1.54, 1.807) is 12.4 Å². The molecule has 0 spiro atoms. The van der Waals surface area contributed by atoms with Crippen molar-refractivity contribution in [1.29, 1.82) is 0 Å². The molecule has 0 radical (unpaired) electrons. The fourth-order valence-corrected chi connectivity index (χ4v) is 2.79. The minimum atomic E-state index is -0.512. The van der Waals surface area contributed by atoms with Crippen molar-refractivity contribution < 1.29 is 4.39 Å². The number of fused-ring (bicyclic) bond motifs is 1. The summed E-state index contributed by atoms with van der Waals surface area (Å²) >= 11 is 5.78. The lowest BCUT2D eigenvalue weighted by Crippen LogP contribution is -1.94. The Bertz CT molecular complexity index is 1010. The van der Waals surface area contributed by atoms with Gasteiger partial charge in [0.25, 0.3) is 0 Å². The Balaban J connectivity index is 1.88. The summed E-state index contributed by atoms with van der Waals surface area (Å²) in [4.78, 5) is 8.14. The number of benzene rings is 2. The predicted octanol–water partition coefficient (Wildman–Crippen LogP) is 4.88. The number of nitrogens with zero attached hydrogens (tertiary/aromatic N) is 3. The molecular weight excluding hydrogens is 313 g/mol. The van der Waals surface area contributed by atoms with E-state index in [1.807, 2.05) is 53.1 Å². The highest BCUT2D eigenvalue weighted by molar-refractivity contribution is 6.29. The van der Waals surface area contributed by atoms with E-state index < -0.39 is 5.82 Å². The molecule has 2 aromatic heterocycles. The highest BCUT2D eigenvalue weighted by Gasteiger charge is 2.11. The largest absolute Gasteiger partial charge is 0.299 e. The van der Waals surface area contributed by atoms with Crippen molar-refractivity contribution in [3.8, 4) is 16.8 Å². The Morgan fingerprint density at radius 1 is 0.957 bits per heavy atom. The predicted molar refractivity (Wildman–Crippen MR) is 89.3 cm³/mol. The van der Waals surface area contributed by atoms with Crippen molar-refractivity contribution >= 4 is 22.6 Å². The SMILES string of the molecule is Fc1c(-c2cccc(-n3cnc4ccccc43)c2)ccnc1Cl. The number of rotatable bonds is 2. The molecule has 0 bridgehead atoms. The second kappa shape index (κ2) is 5.48. The van der Waals surface area contributed by atoms with Crippen LogP contribution < -0.4 is 0 Å². The van der Waals surface area contributed by atoms with Crippen molar-refractivity contribution in [2.75, 3.05) is 0 Å². The van der Waals surface area contributed by atoms with Crippen LogP contribution in [-0.2, 0) is 0 Å². The normalized spacial score (nSPS) is 11.0. The maximum Gasteiger partial charge on any atom is 0.168 e. The van der Waals surface area contributed by atoms with E-state index in [2.05, 4.69) is 9.97 Å². The molecule has 112 valence electrons. The molecule has 0 saturated heterocycles. The zero-order valence-corrected chi connectivity index (χ0v) is 12.7. The molecule has 0 atom stereocenters. The summed E-state index contributed by atoms with van der Waals surface area (Å²) in [5.74, 6) is -0.512. The van der Waals surface area contributed by atoms with Crippen molar-refractivity contribution in [2.45, 2.75) is 0 Å². The Morgan fingerprint density at radius 2 is 1.83 bits per heavy atom. The highest BCUT2D eigenvalue weighted by Crippen LogP contribution is 2.28. The van der Waals surface area contributed by atoms with Crippen LogP contribution in [0.15, 0.2) is 67.1 Å². The van der Waals surface area contributed by atoms with Gasteiger partial charge in [-0.05, 0) is 35.9 Å². The van der Waals surface area contributed by atoms with E-state index in [0.29, 0.717) is 5.56 Å². The summed E-state index contributed by atoms with van der Waals surface area (Å²) < 4.78 is 16.2. The standard InChI is InChI=1S/C18H11ClFN3/c19-18-17(20)14(8-9-21-18)12-4-3-5-13(10-12)23-11-22-15-6-1-2-7-16(15)23/h1-11H. The first kappa shape index (κ1) is 13.9. The summed E-state index contributed by atoms with van der Waals surface area (Å²) in [6.45, 7) is 0. The average molecular weight is 324 g/mol. The smallest absolute Gasteiger partial charge is 0.168 e. The van der Waals surface area contributed by atoms with Crippen molar-refractivity contribution in [3.05, 3.63) is 78.1 Å². The molecule has 4 aromatic rings.